The second-order valence-electron chi connectivity index (χ2n) is 4.80. The molecule has 0 aliphatic heterocycles. The average Bonchev–Trinajstić information content (AvgIpc) is 2.46. The molecule has 0 fully saturated rings. The van der Waals surface area contributed by atoms with Gasteiger partial charge in [0.2, 0.25) is 0 Å². The third-order valence-electron chi connectivity index (χ3n) is 3.42. The summed E-state index contributed by atoms with van der Waals surface area (Å²) in [4.78, 5) is 4.12. The highest BCUT2D eigenvalue weighted by Crippen LogP contribution is 2.22. The highest BCUT2D eigenvalue weighted by atomic mass is 19.1. The second-order valence-corrected chi connectivity index (χ2v) is 4.80. The van der Waals surface area contributed by atoms with Crippen LogP contribution >= 0.6 is 0 Å². The zero-order valence-corrected chi connectivity index (χ0v) is 12.0. The summed E-state index contributed by atoms with van der Waals surface area (Å²) in [5.74, 6) is -0.0692. The van der Waals surface area contributed by atoms with E-state index in [1.165, 1.54) is 18.7 Å². The van der Waals surface area contributed by atoms with Crippen LogP contribution in [0.5, 0.6) is 5.75 Å². The summed E-state index contributed by atoms with van der Waals surface area (Å²) in [5, 5.41) is 3.37. The van der Waals surface area contributed by atoms with Gasteiger partial charge in [-0.3, -0.25) is 4.98 Å². The minimum Gasteiger partial charge on any atom is -0.494 e. The van der Waals surface area contributed by atoms with Crippen molar-refractivity contribution in [1.82, 2.24) is 10.3 Å². The molecular formula is C16H19FN2O. The number of rotatable bonds is 5. The number of pyridine rings is 1. The predicted octanol–water partition coefficient (Wildman–Crippen LogP) is 3.39. The minimum absolute atomic E-state index is 0.0509. The minimum atomic E-state index is -0.337. The van der Waals surface area contributed by atoms with Gasteiger partial charge in [0, 0.05) is 25.0 Å². The van der Waals surface area contributed by atoms with Gasteiger partial charge in [0.05, 0.1) is 7.11 Å². The van der Waals surface area contributed by atoms with Crippen molar-refractivity contribution in [2.75, 3.05) is 7.11 Å². The monoisotopic (exact) mass is 274 g/mol. The molecule has 2 rings (SSSR count). The third-order valence-corrected chi connectivity index (χ3v) is 3.42. The number of methoxy groups -OCH3 is 1. The van der Waals surface area contributed by atoms with E-state index >= 15 is 0 Å². The summed E-state index contributed by atoms with van der Waals surface area (Å²) in [5.41, 5.74) is 3.23. The van der Waals surface area contributed by atoms with Crippen LogP contribution in [0.3, 0.4) is 0 Å². The molecule has 0 saturated carbocycles. The van der Waals surface area contributed by atoms with Crippen LogP contribution in [-0.4, -0.2) is 12.1 Å². The highest BCUT2D eigenvalue weighted by Gasteiger charge is 2.09. The van der Waals surface area contributed by atoms with E-state index in [0.717, 1.165) is 11.1 Å². The Balaban J connectivity index is 2.03. The van der Waals surface area contributed by atoms with Crippen molar-refractivity contribution in [3.63, 3.8) is 0 Å². The first-order valence-corrected chi connectivity index (χ1v) is 6.58. The van der Waals surface area contributed by atoms with Crippen molar-refractivity contribution in [2.45, 2.75) is 26.4 Å². The van der Waals surface area contributed by atoms with Gasteiger partial charge in [0.25, 0.3) is 0 Å². The number of halogens is 1. The van der Waals surface area contributed by atoms with Crippen LogP contribution in [0.25, 0.3) is 0 Å². The SMILES string of the molecule is COc1ccc(C(C)NCc2cnccc2C)cc1F. The highest BCUT2D eigenvalue weighted by molar-refractivity contribution is 5.31. The maximum Gasteiger partial charge on any atom is 0.165 e. The van der Waals surface area contributed by atoms with Gasteiger partial charge >= 0.3 is 0 Å². The van der Waals surface area contributed by atoms with Gasteiger partial charge in [-0.05, 0) is 48.7 Å². The molecule has 1 N–H and O–H groups in total. The molecule has 1 atom stereocenters. The summed E-state index contributed by atoms with van der Waals surface area (Å²) < 4.78 is 18.6. The molecular weight excluding hydrogens is 255 g/mol. The van der Waals surface area contributed by atoms with Crippen LogP contribution in [0.2, 0.25) is 0 Å². The van der Waals surface area contributed by atoms with Crippen molar-refractivity contribution in [2.24, 2.45) is 0 Å². The van der Waals surface area contributed by atoms with E-state index in [1.54, 1.807) is 12.3 Å². The van der Waals surface area contributed by atoms with Gasteiger partial charge in [-0.2, -0.15) is 0 Å². The van der Waals surface area contributed by atoms with Crippen LogP contribution in [0.1, 0.15) is 29.7 Å². The molecule has 106 valence electrons. The lowest BCUT2D eigenvalue weighted by molar-refractivity contribution is 0.385. The Bertz CT molecular complexity index is 586. The van der Waals surface area contributed by atoms with Crippen LogP contribution < -0.4 is 10.1 Å². The molecule has 1 heterocycles. The van der Waals surface area contributed by atoms with Crippen molar-refractivity contribution < 1.29 is 9.13 Å². The fourth-order valence-corrected chi connectivity index (χ4v) is 2.01. The molecule has 0 aliphatic carbocycles. The molecule has 1 aromatic heterocycles. The third kappa shape index (κ3) is 3.33. The fraction of sp³-hybridized carbons (Fsp3) is 0.312. The van der Waals surface area contributed by atoms with E-state index in [4.69, 9.17) is 4.74 Å². The van der Waals surface area contributed by atoms with Gasteiger partial charge in [-0.25, -0.2) is 4.39 Å². The number of hydrogen-bond acceptors (Lipinski definition) is 3. The number of benzene rings is 1. The topological polar surface area (TPSA) is 34.1 Å². The van der Waals surface area contributed by atoms with Crippen molar-refractivity contribution in [3.05, 3.63) is 59.2 Å². The standard InChI is InChI=1S/C16H19FN2O/c1-11-6-7-18-9-14(11)10-19-12(2)13-4-5-16(20-3)15(17)8-13/h4-9,12,19H,10H2,1-3H3. The molecule has 20 heavy (non-hydrogen) atoms. The van der Waals surface area contributed by atoms with Gasteiger partial charge in [-0.1, -0.05) is 6.07 Å². The van der Waals surface area contributed by atoms with Crippen molar-refractivity contribution in [3.8, 4) is 5.75 Å². The first-order valence-electron chi connectivity index (χ1n) is 6.58. The Hall–Kier alpha value is -1.94. The largest absolute Gasteiger partial charge is 0.494 e. The van der Waals surface area contributed by atoms with Gasteiger partial charge < -0.3 is 10.1 Å². The zero-order chi connectivity index (χ0) is 14.5. The van der Waals surface area contributed by atoms with Crippen LogP contribution in [0.4, 0.5) is 4.39 Å². The van der Waals surface area contributed by atoms with Gasteiger partial charge in [-0.15, -0.1) is 0 Å². The molecule has 1 aromatic carbocycles. The summed E-state index contributed by atoms with van der Waals surface area (Å²) in [6.07, 6.45) is 3.63. The number of nitrogens with zero attached hydrogens (tertiary/aromatic N) is 1. The maximum absolute atomic E-state index is 13.7. The summed E-state index contributed by atoms with van der Waals surface area (Å²) >= 11 is 0. The van der Waals surface area contributed by atoms with Crippen LogP contribution in [0.15, 0.2) is 36.7 Å². The number of ether oxygens (including phenoxy) is 1. The Labute approximate surface area is 118 Å². The quantitative estimate of drug-likeness (QED) is 0.907. The Morgan fingerprint density at radius 3 is 2.80 bits per heavy atom. The van der Waals surface area contributed by atoms with E-state index in [-0.39, 0.29) is 17.6 Å². The van der Waals surface area contributed by atoms with E-state index in [0.29, 0.717) is 6.54 Å². The number of aromatic nitrogens is 1. The molecule has 0 bridgehead atoms. The molecule has 4 heteroatoms. The Kier molecular flexibility index (Phi) is 4.69. The number of aryl methyl sites for hydroxylation is 1. The maximum atomic E-state index is 13.7. The first kappa shape index (κ1) is 14.5. The summed E-state index contributed by atoms with van der Waals surface area (Å²) in [6, 6.07) is 7.06. The lowest BCUT2D eigenvalue weighted by Crippen LogP contribution is -2.19. The van der Waals surface area contributed by atoms with Crippen LogP contribution in [0, 0.1) is 12.7 Å². The van der Waals surface area contributed by atoms with Gasteiger partial charge in [0.15, 0.2) is 11.6 Å². The Morgan fingerprint density at radius 1 is 1.35 bits per heavy atom. The van der Waals surface area contributed by atoms with Crippen molar-refractivity contribution >= 4 is 0 Å². The molecule has 0 radical (unpaired) electrons. The van der Waals surface area contributed by atoms with E-state index in [1.807, 2.05) is 25.3 Å². The molecule has 0 amide bonds. The Morgan fingerprint density at radius 2 is 2.15 bits per heavy atom. The number of nitrogens with one attached hydrogen (secondary N) is 1. The molecule has 3 nitrogen and oxygen atoms in total. The van der Waals surface area contributed by atoms with E-state index < -0.39 is 0 Å². The smallest absolute Gasteiger partial charge is 0.165 e. The second kappa shape index (κ2) is 6.48. The molecule has 1 unspecified atom stereocenters. The lowest BCUT2D eigenvalue weighted by Gasteiger charge is -2.16. The molecule has 2 aromatic rings. The van der Waals surface area contributed by atoms with E-state index in [2.05, 4.69) is 17.2 Å². The normalized spacial score (nSPS) is 12.2. The summed E-state index contributed by atoms with van der Waals surface area (Å²) in [6.45, 7) is 4.76. The fourth-order valence-electron chi connectivity index (χ4n) is 2.01. The summed E-state index contributed by atoms with van der Waals surface area (Å²) in [7, 11) is 1.46. The number of hydrogen-bond donors (Lipinski definition) is 1. The van der Waals surface area contributed by atoms with E-state index in [9.17, 15) is 4.39 Å². The van der Waals surface area contributed by atoms with Crippen LogP contribution in [-0.2, 0) is 6.54 Å². The van der Waals surface area contributed by atoms with Crippen molar-refractivity contribution in [1.29, 1.82) is 0 Å². The lowest BCUT2D eigenvalue weighted by atomic mass is 10.1. The first-order chi connectivity index (χ1) is 9.61. The molecule has 0 spiro atoms. The molecule has 0 saturated heterocycles. The molecule has 0 aliphatic rings. The predicted molar refractivity (Wildman–Crippen MR) is 77.2 cm³/mol. The van der Waals surface area contributed by atoms with Gasteiger partial charge in [0.1, 0.15) is 0 Å². The zero-order valence-electron chi connectivity index (χ0n) is 12.0. The average molecular weight is 274 g/mol.